The Morgan fingerprint density at radius 1 is 0.842 bits per heavy atom. The van der Waals surface area contributed by atoms with Crippen LogP contribution in [0.3, 0.4) is 0 Å². The summed E-state index contributed by atoms with van der Waals surface area (Å²) in [6, 6.07) is 14.5. The van der Waals surface area contributed by atoms with Crippen LogP contribution in [-0.2, 0) is 20.8 Å². The number of hydrogen-bond donors (Lipinski definition) is 6. The number of aliphatic carboxylic acids is 1. The number of nitrogens with two attached hydrogens (primary N) is 2. The van der Waals surface area contributed by atoms with Crippen molar-refractivity contribution in [2.24, 2.45) is 22.4 Å². The van der Waals surface area contributed by atoms with Crippen molar-refractivity contribution in [2.75, 3.05) is 6.54 Å². The topological polar surface area (TPSA) is 189 Å². The largest absolute Gasteiger partial charge is 0.480 e. The van der Waals surface area contributed by atoms with E-state index in [-0.39, 0.29) is 31.3 Å². The molecule has 0 spiro atoms. The normalized spacial score (nSPS) is 13.0. The van der Waals surface area contributed by atoms with Gasteiger partial charge < -0.3 is 32.5 Å². The van der Waals surface area contributed by atoms with E-state index in [4.69, 9.17) is 11.5 Å². The maximum atomic E-state index is 13.4. The van der Waals surface area contributed by atoms with Crippen LogP contribution in [0.1, 0.15) is 42.6 Å². The summed E-state index contributed by atoms with van der Waals surface area (Å²) in [6.45, 7) is 3.68. The molecule has 0 bridgehead atoms. The van der Waals surface area contributed by atoms with Crippen molar-refractivity contribution in [1.82, 2.24) is 16.0 Å². The SMILES string of the molecule is CC(C)C(NC(=O)C(Cc1ccccc1)NC(=O)c1ccccc1)C(=O)NC(CCCN=C(N)N)C(=O)O. The molecule has 0 aromatic heterocycles. The standard InChI is InChI=1S/C27H36N6O5/c1-17(2)22(25(36)31-20(26(37)38)14-9-15-30-27(28)29)33-24(35)21(16-18-10-5-3-6-11-18)32-23(34)19-12-7-4-8-13-19/h3-8,10-13,17,20-22H,9,14-16H2,1-2H3,(H,31,36)(H,32,34)(H,33,35)(H,37,38)(H4,28,29,30). The number of guanidine groups is 1. The predicted octanol–water partition coefficient (Wildman–Crippen LogP) is 0.792. The van der Waals surface area contributed by atoms with Crippen molar-refractivity contribution >= 4 is 29.7 Å². The van der Waals surface area contributed by atoms with Crippen LogP contribution in [-0.4, -0.2) is 59.4 Å². The molecule has 0 saturated carbocycles. The summed E-state index contributed by atoms with van der Waals surface area (Å²) >= 11 is 0. The molecule has 3 atom stereocenters. The molecule has 0 heterocycles. The van der Waals surface area contributed by atoms with Gasteiger partial charge in [0, 0.05) is 18.5 Å². The lowest BCUT2D eigenvalue weighted by atomic mass is 10.00. The number of nitrogens with zero attached hydrogens (tertiary/aromatic N) is 1. The highest BCUT2D eigenvalue weighted by Crippen LogP contribution is 2.09. The molecule has 0 aliphatic heterocycles. The van der Waals surface area contributed by atoms with E-state index >= 15 is 0 Å². The maximum absolute atomic E-state index is 13.4. The molecular weight excluding hydrogens is 488 g/mol. The zero-order valence-electron chi connectivity index (χ0n) is 21.6. The van der Waals surface area contributed by atoms with Crippen LogP contribution in [0, 0.1) is 5.92 Å². The van der Waals surface area contributed by atoms with Crippen molar-refractivity contribution in [2.45, 2.75) is 51.2 Å². The third kappa shape index (κ3) is 9.92. The van der Waals surface area contributed by atoms with Gasteiger partial charge in [-0.2, -0.15) is 0 Å². The zero-order valence-corrected chi connectivity index (χ0v) is 21.6. The van der Waals surface area contributed by atoms with Gasteiger partial charge in [-0.1, -0.05) is 62.4 Å². The van der Waals surface area contributed by atoms with E-state index in [0.717, 1.165) is 5.56 Å². The Morgan fingerprint density at radius 2 is 1.45 bits per heavy atom. The second-order valence-corrected chi connectivity index (χ2v) is 9.16. The van der Waals surface area contributed by atoms with Crippen molar-refractivity contribution in [1.29, 1.82) is 0 Å². The van der Waals surface area contributed by atoms with Crippen LogP contribution in [0.15, 0.2) is 65.7 Å². The van der Waals surface area contributed by atoms with Gasteiger partial charge in [-0.15, -0.1) is 0 Å². The molecule has 2 aromatic rings. The van der Waals surface area contributed by atoms with Crippen LogP contribution in [0.25, 0.3) is 0 Å². The smallest absolute Gasteiger partial charge is 0.326 e. The monoisotopic (exact) mass is 524 g/mol. The number of benzene rings is 2. The maximum Gasteiger partial charge on any atom is 0.326 e. The van der Waals surface area contributed by atoms with Crippen LogP contribution in [0.5, 0.6) is 0 Å². The summed E-state index contributed by atoms with van der Waals surface area (Å²) in [4.78, 5) is 54.8. The summed E-state index contributed by atoms with van der Waals surface area (Å²) in [5.41, 5.74) is 11.8. The minimum Gasteiger partial charge on any atom is -0.480 e. The highest BCUT2D eigenvalue weighted by molar-refractivity contribution is 5.98. The van der Waals surface area contributed by atoms with Crippen LogP contribution < -0.4 is 27.4 Å². The molecule has 0 aliphatic carbocycles. The number of carboxylic acid groups (broad SMARTS) is 1. The van der Waals surface area contributed by atoms with Gasteiger partial charge in [0.25, 0.3) is 5.91 Å². The summed E-state index contributed by atoms with van der Waals surface area (Å²) in [5.74, 6) is -3.32. The Morgan fingerprint density at radius 3 is 2.00 bits per heavy atom. The van der Waals surface area contributed by atoms with E-state index in [1.54, 1.807) is 44.2 Å². The molecule has 0 radical (unpaired) electrons. The first-order valence-corrected chi connectivity index (χ1v) is 12.4. The van der Waals surface area contributed by atoms with Gasteiger partial charge in [-0.25, -0.2) is 4.79 Å². The zero-order chi connectivity index (χ0) is 28.1. The van der Waals surface area contributed by atoms with Gasteiger partial charge in [0.2, 0.25) is 11.8 Å². The molecule has 3 amide bonds. The number of carboxylic acids is 1. The number of aliphatic imine (C=N–C) groups is 1. The van der Waals surface area contributed by atoms with Gasteiger partial charge in [0.1, 0.15) is 18.1 Å². The predicted molar refractivity (Wildman–Crippen MR) is 144 cm³/mol. The average Bonchev–Trinajstić information content (AvgIpc) is 2.88. The van der Waals surface area contributed by atoms with Crippen LogP contribution >= 0.6 is 0 Å². The van der Waals surface area contributed by atoms with E-state index in [1.807, 2.05) is 30.3 Å². The van der Waals surface area contributed by atoms with Gasteiger partial charge in [0.05, 0.1) is 0 Å². The van der Waals surface area contributed by atoms with Gasteiger partial charge in [0.15, 0.2) is 5.96 Å². The fourth-order valence-corrected chi connectivity index (χ4v) is 3.70. The third-order valence-electron chi connectivity index (χ3n) is 5.75. The number of carbonyl (C=O) groups excluding carboxylic acids is 3. The number of hydrogen-bond acceptors (Lipinski definition) is 5. The third-order valence-corrected chi connectivity index (χ3v) is 5.75. The second kappa shape index (κ2) is 15.0. The average molecular weight is 525 g/mol. The molecule has 3 unspecified atom stereocenters. The van der Waals surface area contributed by atoms with Crippen molar-refractivity contribution in [3.8, 4) is 0 Å². The molecule has 11 heteroatoms. The first kappa shape index (κ1) is 29.8. The van der Waals surface area contributed by atoms with Gasteiger partial charge in [-0.3, -0.25) is 19.4 Å². The highest BCUT2D eigenvalue weighted by Gasteiger charge is 2.31. The Kier molecular flexibility index (Phi) is 11.8. The van der Waals surface area contributed by atoms with Crippen molar-refractivity contribution < 1.29 is 24.3 Å². The minimum absolute atomic E-state index is 0.0976. The first-order valence-electron chi connectivity index (χ1n) is 12.4. The summed E-state index contributed by atoms with van der Waals surface area (Å²) in [5, 5.41) is 17.5. The first-order chi connectivity index (χ1) is 18.1. The Labute approximate surface area is 222 Å². The van der Waals surface area contributed by atoms with Gasteiger partial charge in [-0.05, 0) is 36.5 Å². The molecular formula is C27H36N6O5. The number of rotatable bonds is 14. The van der Waals surface area contributed by atoms with Crippen LogP contribution in [0.4, 0.5) is 0 Å². The Bertz CT molecular complexity index is 1100. The molecule has 38 heavy (non-hydrogen) atoms. The molecule has 8 N–H and O–H groups in total. The molecule has 0 fully saturated rings. The van der Waals surface area contributed by atoms with Crippen molar-refractivity contribution in [3.05, 3.63) is 71.8 Å². The fraction of sp³-hybridized carbons (Fsp3) is 0.370. The van der Waals surface area contributed by atoms with Crippen LogP contribution in [0.2, 0.25) is 0 Å². The lowest BCUT2D eigenvalue weighted by Gasteiger charge is -2.26. The number of carbonyl (C=O) groups is 4. The van der Waals surface area contributed by atoms with Gasteiger partial charge >= 0.3 is 5.97 Å². The van der Waals surface area contributed by atoms with E-state index in [2.05, 4.69) is 20.9 Å². The molecule has 2 rings (SSSR count). The summed E-state index contributed by atoms with van der Waals surface area (Å²) in [7, 11) is 0. The molecule has 11 nitrogen and oxygen atoms in total. The molecule has 0 aliphatic rings. The molecule has 2 aromatic carbocycles. The van der Waals surface area contributed by atoms with E-state index in [1.165, 1.54) is 0 Å². The van der Waals surface area contributed by atoms with Crippen molar-refractivity contribution in [3.63, 3.8) is 0 Å². The number of nitrogens with one attached hydrogen (secondary N) is 3. The number of amides is 3. The fourth-order valence-electron chi connectivity index (χ4n) is 3.70. The lowest BCUT2D eigenvalue weighted by Crippen LogP contribution is -2.57. The minimum atomic E-state index is -1.21. The molecule has 0 saturated heterocycles. The van der Waals surface area contributed by atoms with E-state index in [0.29, 0.717) is 12.0 Å². The highest BCUT2D eigenvalue weighted by atomic mass is 16.4. The second-order valence-electron chi connectivity index (χ2n) is 9.16. The quantitative estimate of drug-likeness (QED) is 0.120. The van der Waals surface area contributed by atoms with E-state index in [9.17, 15) is 24.3 Å². The van der Waals surface area contributed by atoms with E-state index < -0.39 is 41.8 Å². The molecule has 204 valence electrons. The summed E-state index contributed by atoms with van der Waals surface area (Å²) < 4.78 is 0. The Hall–Kier alpha value is -4.41. The summed E-state index contributed by atoms with van der Waals surface area (Å²) in [6.07, 6.45) is 0.624. The lowest BCUT2D eigenvalue weighted by molar-refractivity contribution is -0.142. The Balaban J connectivity index is 2.15.